The zero-order chi connectivity index (χ0) is 15.8. The maximum absolute atomic E-state index is 12.8. The lowest BCUT2D eigenvalue weighted by atomic mass is 9.91. The summed E-state index contributed by atoms with van der Waals surface area (Å²) >= 11 is 0. The Labute approximate surface area is 124 Å². The van der Waals surface area contributed by atoms with E-state index in [-0.39, 0.29) is 22.2 Å². The second-order valence-electron chi connectivity index (χ2n) is 5.82. The highest BCUT2D eigenvalue weighted by atomic mass is 32.2. The fraction of sp³-hybridized carbons (Fsp3) is 0.467. The molecule has 1 aliphatic rings. The molecular formula is C15H19NO4S. The van der Waals surface area contributed by atoms with Crippen LogP contribution < -0.4 is 0 Å². The van der Waals surface area contributed by atoms with Crippen molar-refractivity contribution in [3.05, 3.63) is 52.6 Å². The van der Waals surface area contributed by atoms with Gasteiger partial charge in [-0.15, -0.1) is 0 Å². The third-order valence-corrected chi connectivity index (χ3v) is 6.36. The van der Waals surface area contributed by atoms with Gasteiger partial charge in [-0.25, -0.2) is 8.42 Å². The third kappa shape index (κ3) is 2.72. The van der Waals surface area contributed by atoms with Crippen LogP contribution in [0.3, 0.4) is 0 Å². The molecule has 1 saturated carbocycles. The number of benzene rings is 1. The highest BCUT2D eigenvalue weighted by Crippen LogP contribution is 2.42. The van der Waals surface area contributed by atoms with Crippen LogP contribution in [-0.2, 0) is 9.84 Å². The molecule has 0 heterocycles. The van der Waals surface area contributed by atoms with Gasteiger partial charge in [-0.2, -0.15) is 0 Å². The van der Waals surface area contributed by atoms with Crippen molar-refractivity contribution in [3.8, 4) is 0 Å². The Morgan fingerprint density at radius 1 is 1.29 bits per heavy atom. The van der Waals surface area contributed by atoms with E-state index in [0.29, 0.717) is 5.57 Å². The Hall–Kier alpha value is -1.69. The van der Waals surface area contributed by atoms with E-state index in [1.807, 2.05) is 13.8 Å². The Bertz CT molecular complexity index is 652. The van der Waals surface area contributed by atoms with E-state index in [1.165, 1.54) is 12.1 Å². The number of hydrogen-bond acceptors (Lipinski definition) is 4. The molecule has 1 fully saturated rings. The zero-order valence-electron chi connectivity index (χ0n) is 12.1. The highest BCUT2D eigenvalue weighted by Gasteiger charge is 2.53. The van der Waals surface area contributed by atoms with Crippen molar-refractivity contribution in [2.75, 3.05) is 0 Å². The zero-order valence-corrected chi connectivity index (χ0v) is 12.9. The minimum Gasteiger partial charge on any atom is -0.264 e. The normalized spacial score (nSPS) is 26.2. The lowest BCUT2D eigenvalue weighted by Crippen LogP contribution is -2.37. The average molecular weight is 309 g/mol. The largest absolute Gasteiger partial charge is 0.264 e. The van der Waals surface area contributed by atoms with Gasteiger partial charge in [0.25, 0.3) is 0 Å². The van der Waals surface area contributed by atoms with Gasteiger partial charge in [0.2, 0.25) is 6.04 Å². The van der Waals surface area contributed by atoms with Gasteiger partial charge in [-0.05, 0) is 18.1 Å². The van der Waals surface area contributed by atoms with Crippen LogP contribution in [0.4, 0.5) is 0 Å². The van der Waals surface area contributed by atoms with E-state index in [2.05, 4.69) is 6.58 Å². The lowest BCUT2D eigenvalue weighted by Gasteiger charge is -2.24. The van der Waals surface area contributed by atoms with Crippen LogP contribution in [0.2, 0.25) is 0 Å². The van der Waals surface area contributed by atoms with Crippen LogP contribution in [-0.4, -0.2) is 24.6 Å². The summed E-state index contributed by atoms with van der Waals surface area (Å²) in [7, 11) is -3.65. The standard InChI is InChI=1S/C15H19NO4S/c1-10(2)14-13(16(17)18)9-11(3)15(14)21(19,20)12-7-5-4-6-8-12/h4-8,10,13-15H,3,9H2,1-2H3/t13-,14+,15-/m0/s1. The predicted molar refractivity (Wildman–Crippen MR) is 80.3 cm³/mol. The molecule has 5 nitrogen and oxygen atoms in total. The number of sulfone groups is 1. The molecule has 3 atom stereocenters. The first-order chi connectivity index (χ1) is 9.76. The molecule has 1 aromatic carbocycles. The monoisotopic (exact) mass is 309 g/mol. The fourth-order valence-corrected chi connectivity index (χ4v) is 5.46. The molecule has 1 aliphatic carbocycles. The van der Waals surface area contributed by atoms with Gasteiger partial charge in [-0.3, -0.25) is 10.1 Å². The summed E-state index contributed by atoms with van der Waals surface area (Å²) < 4.78 is 25.7. The maximum Gasteiger partial charge on any atom is 0.221 e. The molecule has 0 bridgehead atoms. The number of hydrogen-bond donors (Lipinski definition) is 0. The average Bonchev–Trinajstić information content (AvgIpc) is 2.78. The molecular weight excluding hydrogens is 290 g/mol. The molecule has 0 amide bonds. The molecule has 0 N–H and O–H groups in total. The molecule has 0 radical (unpaired) electrons. The smallest absolute Gasteiger partial charge is 0.221 e. The summed E-state index contributed by atoms with van der Waals surface area (Å²) in [6.07, 6.45) is 0.132. The van der Waals surface area contributed by atoms with Gasteiger partial charge in [0.05, 0.1) is 16.1 Å². The van der Waals surface area contributed by atoms with Gasteiger partial charge >= 0.3 is 0 Å². The van der Waals surface area contributed by atoms with Crippen molar-refractivity contribution in [1.82, 2.24) is 0 Å². The highest BCUT2D eigenvalue weighted by molar-refractivity contribution is 7.92. The molecule has 1 aromatic rings. The topological polar surface area (TPSA) is 77.3 Å². The predicted octanol–water partition coefficient (Wildman–Crippen LogP) is 2.71. The first kappa shape index (κ1) is 15.7. The van der Waals surface area contributed by atoms with Gasteiger partial charge in [0.1, 0.15) is 0 Å². The first-order valence-corrected chi connectivity index (χ1v) is 8.41. The SMILES string of the molecule is C=C1C[C@H]([N+](=O)[O-])[C@@H](C(C)C)[C@H]1S(=O)(=O)c1ccccc1. The first-order valence-electron chi connectivity index (χ1n) is 6.87. The number of rotatable bonds is 4. The molecule has 114 valence electrons. The van der Waals surface area contributed by atoms with E-state index >= 15 is 0 Å². The van der Waals surface area contributed by atoms with Gasteiger partial charge in [0, 0.05) is 11.3 Å². The number of nitro groups is 1. The molecule has 21 heavy (non-hydrogen) atoms. The van der Waals surface area contributed by atoms with Crippen molar-refractivity contribution in [3.63, 3.8) is 0 Å². The minimum atomic E-state index is -3.65. The summed E-state index contributed by atoms with van der Waals surface area (Å²) in [4.78, 5) is 11.1. The summed E-state index contributed by atoms with van der Waals surface area (Å²) in [6.45, 7) is 7.46. The van der Waals surface area contributed by atoms with Crippen LogP contribution >= 0.6 is 0 Å². The van der Waals surface area contributed by atoms with E-state index in [4.69, 9.17) is 0 Å². The van der Waals surface area contributed by atoms with Crippen molar-refractivity contribution in [1.29, 1.82) is 0 Å². The second-order valence-corrected chi connectivity index (χ2v) is 7.88. The van der Waals surface area contributed by atoms with E-state index in [0.717, 1.165) is 0 Å². The minimum absolute atomic E-state index is 0.108. The molecule has 6 heteroatoms. The summed E-state index contributed by atoms with van der Waals surface area (Å²) in [5.74, 6) is -0.652. The van der Waals surface area contributed by atoms with Crippen LogP contribution in [0.15, 0.2) is 47.4 Å². The Balaban J connectivity index is 2.51. The Morgan fingerprint density at radius 3 is 2.33 bits per heavy atom. The van der Waals surface area contributed by atoms with Crippen molar-refractivity contribution in [2.24, 2.45) is 11.8 Å². The second kappa shape index (κ2) is 5.60. The van der Waals surface area contributed by atoms with E-state index in [9.17, 15) is 18.5 Å². The van der Waals surface area contributed by atoms with Crippen LogP contribution in [0.1, 0.15) is 20.3 Å². The van der Waals surface area contributed by atoms with E-state index in [1.54, 1.807) is 18.2 Å². The Kier molecular flexibility index (Phi) is 4.18. The van der Waals surface area contributed by atoms with Crippen molar-refractivity contribution in [2.45, 2.75) is 36.5 Å². The summed E-state index contributed by atoms with van der Waals surface area (Å²) in [5, 5.41) is 10.4. The molecule has 0 spiro atoms. The van der Waals surface area contributed by atoms with E-state index < -0.39 is 27.0 Å². The summed E-state index contributed by atoms with van der Waals surface area (Å²) in [6, 6.07) is 7.22. The van der Waals surface area contributed by atoms with Crippen LogP contribution in [0.5, 0.6) is 0 Å². The van der Waals surface area contributed by atoms with Crippen LogP contribution in [0.25, 0.3) is 0 Å². The molecule has 2 rings (SSSR count). The molecule has 0 unspecified atom stereocenters. The molecule has 0 aromatic heterocycles. The molecule has 0 aliphatic heterocycles. The Morgan fingerprint density at radius 2 is 1.86 bits per heavy atom. The van der Waals surface area contributed by atoms with Crippen molar-refractivity contribution < 1.29 is 13.3 Å². The van der Waals surface area contributed by atoms with Gasteiger partial charge < -0.3 is 0 Å². The quantitative estimate of drug-likeness (QED) is 0.487. The lowest BCUT2D eigenvalue weighted by molar-refractivity contribution is -0.529. The van der Waals surface area contributed by atoms with Crippen molar-refractivity contribution >= 4 is 9.84 Å². The van der Waals surface area contributed by atoms with Crippen LogP contribution in [0, 0.1) is 22.0 Å². The number of nitrogens with zero attached hydrogens (tertiary/aromatic N) is 1. The molecule has 0 saturated heterocycles. The third-order valence-electron chi connectivity index (χ3n) is 4.11. The fourth-order valence-electron chi connectivity index (χ4n) is 3.19. The van der Waals surface area contributed by atoms with Gasteiger partial charge in [-0.1, -0.05) is 44.2 Å². The van der Waals surface area contributed by atoms with Gasteiger partial charge in [0.15, 0.2) is 9.84 Å². The maximum atomic E-state index is 12.8. The summed E-state index contributed by atoms with van der Waals surface area (Å²) in [5.41, 5.74) is 0.444.